The number of anilines is 1. The van der Waals surface area contributed by atoms with Gasteiger partial charge >= 0.3 is 0 Å². The van der Waals surface area contributed by atoms with E-state index in [0.717, 1.165) is 18.5 Å². The molecule has 1 aliphatic rings. The molecule has 0 unspecified atom stereocenters. The van der Waals surface area contributed by atoms with Crippen LogP contribution in [0.5, 0.6) is 0 Å². The first-order chi connectivity index (χ1) is 9.61. The molecule has 0 spiro atoms. The standard InChI is InChI=1S/C14H24N4O2/c1-4-20-14(5-7-19-8-6-14)13-16-11(10(2)3)9-12(17-13)18-15/h9-10H,4-8,15H2,1-3H3,(H,16,17,18). The van der Waals surface area contributed by atoms with Crippen LogP contribution in [-0.2, 0) is 15.1 Å². The summed E-state index contributed by atoms with van der Waals surface area (Å²) in [6.07, 6.45) is 1.54. The molecule has 0 saturated carbocycles. The Morgan fingerprint density at radius 2 is 2.10 bits per heavy atom. The lowest BCUT2D eigenvalue weighted by Crippen LogP contribution is -2.38. The number of hydrogen-bond donors (Lipinski definition) is 2. The maximum atomic E-state index is 6.02. The zero-order valence-corrected chi connectivity index (χ0v) is 12.5. The predicted octanol–water partition coefficient (Wildman–Crippen LogP) is 1.93. The number of nitrogen functional groups attached to an aromatic ring is 1. The van der Waals surface area contributed by atoms with Crippen LogP contribution in [0.15, 0.2) is 6.07 Å². The monoisotopic (exact) mass is 280 g/mol. The van der Waals surface area contributed by atoms with Gasteiger partial charge in [0.2, 0.25) is 0 Å². The minimum atomic E-state index is -0.455. The van der Waals surface area contributed by atoms with Crippen LogP contribution in [0.2, 0.25) is 0 Å². The van der Waals surface area contributed by atoms with Crippen molar-refractivity contribution >= 4 is 5.82 Å². The number of aromatic nitrogens is 2. The highest BCUT2D eigenvalue weighted by molar-refractivity contribution is 5.36. The van der Waals surface area contributed by atoms with E-state index < -0.39 is 5.60 Å². The van der Waals surface area contributed by atoms with Crippen molar-refractivity contribution in [1.29, 1.82) is 0 Å². The lowest BCUT2D eigenvalue weighted by molar-refractivity contribution is -0.117. The van der Waals surface area contributed by atoms with E-state index in [1.807, 2.05) is 13.0 Å². The van der Waals surface area contributed by atoms with E-state index in [0.29, 0.717) is 37.4 Å². The number of rotatable bonds is 5. The Balaban J connectivity index is 2.43. The van der Waals surface area contributed by atoms with Crippen molar-refractivity contribution in [1.82, 2.24) is 9.97 Å². The Kier molecular flexibility index (Phi) is 4.91. The summed E-state index contributed by atoms with van der Waals surface area (Å²) in [6.45, 7) is 8.15. The third-order valence-corrected chi connectivity index (χ3v) is 3.61. The summed E-state index contributed by atoms with van der Waals surface area (Å²) < 4.78 is 11.5. The zero-order valence-electron chi connectivity index (χ0n) is 12.5. The van der Waals surface area contributed by atoms with Gasteiger partial charge in [0.15, 0.2) is 5.82 Å². The molecular formula is C14H24N4O2. The van der Waals surface area contributed by atoms with Gasteiger partial charge in [-0.15, -0.1) is 0 Å². The van der Waals surface area contributed by atoms with Gasteiger partial charge in [0.25, 0.3) is 0 Å². The van der Waals surface area contributed by atoms with Crippen molar-refractivity contribution in [3.63, 3.8) is 0 Å². The van der Waals surface area contributed by atoms with Gasteiger partial charge in [0.1, 0.15) is 11.4 Å². The van der Waals surface area contributed by atoms with E-state index in [2.05, 4.69) is 24.3 Å². The quantitative estimate of drug-likeness (QED) is 0.633. The second-order valence-electron chi connectivity index (χ2n) is 5.34. The average Bonchev–Trinajstić information content (AvgIpc) is 2.48. The molecule has 0 bridgehead atoms. The maximum absolute atomic E-state index is 6.02. The van der Waals surface area contributed by atoms with Gasteiger partial charge in [0.05, 0.1) is 0 Å². The van der Waals surface area contributed by atoms with Crippen LogP contribution in [0.3, 0.4) is 0 Å². The Bertz CT molecular complexity index is 439. The molecule has 1 fully saturated rings. The highest BCUT2D eigenvalue weighted by Gasteiger charge is 2.38. The van der Waals surface area contributed by atoms with Crippen LogP contribution in [0, 0.1) is 0 Å². The lowest BCUT2D eigenvalue weighted by atomic mass is 9.92. The van der Waals surface area contributed by atoms with Gasteiger partial charge in [-0.1, -0.05) is 13.8 Å². The minimum Gasteiger partial charge on any atom is -0.381 e. The predicted molar refractivity (Wildman–Crippen MR) is 77.3 cm³/mol. The molecule has 6 nitrogen and oxygen atoms in total. The van der Waals surface area contributed by atoms with Crippen LogP contribution >= 0.6 is 0 Å². The summed E-state index contributed by atoms with van der Waals surface area (Å²) in [7, 11) is 0. The van der Waals surface area contributed by atoms with E-state index in [1.165, 1.54) is 0 Å². The normalized spacial score (nSPS) is 18.2. The van der Waals surface area contributed by atoms with Crippen molar-refractivity contribution in [3.8, 4) is 0 Å². The molecule has 1 saturated heterocycles. The molecule has 0 amide bonds. The lowest BCUT2D eigenvalue weighted by Gasteiger charge is -2.35. The number of nitrogens with one attached hydrogen (secondary N) is 1. The van der Waals surface area contributed by atoms with Crippen molar-refractivity contribution in [3.05, 3.63) is 17.6 Å². The van der Waals surface area contributed by atoms with Gasteiger partial charge in [0, 0.05) is 44.4 Å². The van der Waals surface area contributed by atoms with Gasteiger partial charge in [-0.2, -0.15) is 0 Å². The molecule has 6 heteroatoms. The van der Waals surface area contributed by atoms with E-state index in [1.54, 1.807) is 0 Å². The number of ether oxygens (including phenoxy) is 2. The fraction of sp³-hybridized carbons (Fsp3) is 0.714. The van der Waals surface area contributed by atoms with Gasteiger partial charge in [-0.25, -0.2) is 15.8 Å². The van der Waals surface area contributed by atoms with Crippen molar-refractivity contribution in [2.45, 2.75) is 45.1 Å². The molecule has 20 heavy (non-hydrogen) atoms. The van der Waals surface area contributed by atoms with Crippen molar-refractivity contribution < 1.29 is 9.47 Å². The fourth-order valence-corrected chi connectivity index (χ4v) is 2.45. The molecule has 2 heterocycles. The highest BCUT2D eigenvalue weighted by Crippen LogP contribution is 2.35. The van der Waals surface area contributed by atoms with Crippen LogP contribution in [0.25, 0.3) is 0 Å². The first kappa shape index (κ1) is 15.2. The van der Waals surface area contributed by atoms with Crippen LogP contribution in [0.4, 0.5) is 5.82 Å². The van der Waals surface area contributed by atoms with Crippen molar-refractivity contribution in [2.24, 2.45) is 5.84 Å². The summed E-state index contributed by atoms with van der Waals surface area (Å²) >= 11 is 0. The third kappa shape index (κ3) is 3.08. The summed E-state index contributed by atoms with van der Waals surface area (Å²) in [5.41, 5.74) is 3.13. The van der Waals surface area contributed by atoms with Crippen LogP contribution < -0.4 is 11.3 Å². The smallest absolute Gasteiger partial charge is 0.163 e. The fourth-order valence-electron chi connectivity index (χ4n) is 2.45. The van der Waals surface area contributed by atoms with E-state index in [9.17, 15) is 0 Å². The Morgan fingerprint density at radius 1 is 1.40 bits per heavy atom. The number of nitrogens with zero attached hydrogens (tertiary/aromatic N) is 2. The molecular weight excluding hydrogens is 256 g/mol. The Hall–Kier alpha value is -1.24. The van der Waals surface area contributed by atoms with Gasteiger partial charge < -0.3 is 14.9 Å². The first-order valence-electron chi connectivity index (χ1n) is 7.19. The SMILES string of the molecule is CCOC1(c2nc(NN)cc(C(C)C)n2)CCOCC1. The molecule has 0 radical (unpaired) electrons. The van der Waals surface area contributed by atoms with Gasteiger partial charge in [-0.05, 0) is 12.8 Å². The molecule has 1 aliphatic heterocycles. The number of hydrogen-bond acceptors (Lipinski definition) is 6. The Labute approximate surface area is 120 Å². The van der Waals surface area contributed by atoms with Gasteiger partial charge in [-0.3, -0.25) is 0 Å². The van der Waals surface area contributed by atoms with Crippen LogP contribution in [-0.4, -0.2) is 29.8 Å². The third-order valence-electron chi connectivity index (χ3n) is 3.61. The average molecular weight is 280 g/mol. The maximum Gasteiger partial charge on any atom is 0.163 e. The summed E-state index contributed by atoms with van der Waals surface area (Å²) in [4.78, 5) is 9.23. The molecule has 0 atom stereocenters. The molecule has 0 aliphatic carbocycles. The van der Waals surface area contributed by atoms with Crippen LogP contribution in [0.1, 0.15) is 51.0 Å². The topological polar surface area (TPSA) is 82.3 Å². The second-order valence-corrected chi connectivity index (χ2v) is 5.34. The highest BCUT2D eigenvalue weighted by atomic mass is 16.5. The van der Waals surface area contributed by atoms with E-state index >= 15 is 0 Å². The number of nitrogens with two attached hydrogens (primary N) is 1. The largest absolute Gasteiger partial charge is 0.381 e. The summed E-state index contributed by atoms with van der Waals surface area (Å²) in [5.74, 6) is 7.18. The number of hydrazine groups is 1. The minimum absolute atomic E-state index is 0.308. The molecule has 2 rings (SSSR count). The molecule has 3 N–H and O–H groups in total. The van der Waals surface area contributed by atoms with E-state index in [4.69, 9.17) is 20.3 Å². The summed E-state index contributed by atoms with van der Waals surface area (Å²) in [5, 5.41) is 0. The molecule has 1 aromatic rings. The Morgan fingerprint density at radius 3 is 2.65 bits per heavy atom. The summed E-state index contributed by atoms with van der Waals surface area (Å²) in [6, 6.07) is 1.88. The molecule has 0 aromatic carbocycles. The van der Waals surface area contributed by atoms with E-state index in [-0.39, 0.29) is 0 Å². The first-order valence-corrected chi connectivity index (χ1v) is 7.19. The van der Waals surface area contributed by atoms with Crippen molar-refractivity contribution in [2.75, 3.05) is 25.2 Å². The molecule has 1 aromatic heterocycles. The molecule has 112 valence electrons. The second kappa shape index (κ2) is 6.47. The zero-order chi connectivity index (χ0) is 14.6.